The number of hydrogen-bond acceptors (Lipinski definition) is 1. The third kappa shape index (κ3) is 1.62. The van der Waals surface area contributed by atoms with Gasteiger partial charge in [0, 0.05) is 11.3 Å². The van der Waals surface area contributed by atoms with Crippen LogP contribution in [0.3, 0.4) is 0 Å². The molecule has 0 aromatic heterocycles. The fraction of sp³-hybridized carbons (Fsp3) is 0.923. The summed E-state index contributed by atoms with van der Waals surface area (Å²) in [4.78, 5) is 12.2. The fourth-order valence-electron chi connectivity index (χ4n) is 3.17. The second-order valence-corrected chi connectivity index (χ2v) is 5.61. The van der Waals surface area contributed by atoms with Crippen LogP contribution in [0, 0.1) is 17.3 Å². The molecule has 0 unspecified atom stereocenters. The molecular formula is C13H22O. The maximum Gasteiger partial charge on any atom is 0.141 e. The minimum Gasteiger partial charge on any atom is -0.299 e. The van der Waals surface area contributed by atoms with Crippen molar-refractivity contribution in [1.82, 2.24) is 0 Å². The van der Waals surface area contributed by atoms with Crippen LogP contribution in [-0.2, 0) is 4.79 Å². The first-order chi connectivity index (χ1) is 6.63. The number of carbonyl (C=O) groups excluding carboxylic acids is 1. The minimum atomic E-state index is 0.0714. The number of ketones is 1. The molecule has 1 heteroatoms. The lowest BCUT2D eigenvalue weighted by Gasteiger charge is -2.39. The lowest BCUT2D eigenvalue weighted by Crippen LogP contribution is -2.40. The van der Waals surface area contributed by atoms with Crippen molar-refractivity contribution in [2.24, 2.45) is 17.3 Å². The van der Waals surface area contributed by atoms with Crippen LogP contribution in [0.15, 0.2) is 0 Å². The maximum atomic E-state index is 12.2. The molecular weight excluding hydrogens is 172 g/mol. The Balaban J connectivity index is 1.96. The van der Waals surface area contributed by atoms with Gasteiger partial charge in [0.15, 0.2) is 0 Å². The average molecular weight is 194 g/mol. The van der Waals surface area contributed by atoms with Gasteiger partial charge in [-0.1, -0.05) is 33.1 Å². The molecule has 0 heterocycles. The average Bonchev–Trinajstić information content (AvgIpc) is 2.64. The first kappa shape index (κ1) is 10.2. The third-order valence-corrected chi connectivity index (χ3v) is 4.57. The van der Waals surface area contributed by atoms with Crippen LogP contribution in [0.5, 0.6) is 0 Å². The van der Waals surface area contributed by atoms with Gasteiger partial charge < -0.3 is 0 Å². The summed E-state index contributed by atoms with van der Waals surface area (Å²) >= 11 is 0. The van der Waals surface area contributed by atoms with Crippen molar-refractivity contribution in [1.29, 1.82) is 0 Å². The molecule has 0 N–H and O–H groups in total. The first-order valence-electron chi connectivity index (χ1n) is 6.18. The second-order valence-electron chi connectivity index (χ2n) is 5.61. The number of rotatable bonds is 3. The molecule has 0 radical (unpaired) electrons. The molecule has 1 atom stereocenters. The Morgan fingerprint density at radius 3 is 2.21 bits per heavy atom. The molecule has 0 bridgehead atoms. The smallest absolute Gasteiger partial charge is 0.141 e. The Kier molecular flexibility index (Phi) is 2.68. The van der Waals surface area contributed by atoms with Crippen molar-refractivity contribution in [2.75, 3.05) is 0 Å². The highest BCUT2D eigenvalue weighted by Crippen LogP contribution is 2.45. The van der Waals surface area contributed by atoms with Gasteiger partial charge in [-0.05, 0) is 31.6 Å². The van der Waals surface area contributed by atoms with E-state index in [1.807, 2.05) is 0 Å². The molecule has 2 aliphatic carbocycles. The predicted molar refractivity (Wildman–Crippen MR) is 58.1 cm³/mol. The Bertz CT molecular complexity index is 221. The van der Waals surface area contributed by atoms with Crippen LogP contribution in [0.2, 0.25) is 0 Å². The highest BCUT2D eigenvalue weighted by molar-refractivity contribution is 5.87. The fourth-order valence-corrected chi connectivity index (χ4v) is 3.17. The number of hydrogen-bond donors (Lipinski definition) is 0. The summed E-state index contributed by atoms with van der Waals surface area (Å²) < 4.78 is 0. The molecule has 0 amide bonds. The van der Waals surface area contributed by atoms with Gasteiger partial charge in [0.2, 0.25) is 0 Å². The van der Waals surface area contributed by atoms with E-state index in [9.17, 15) is 4.79 Å². The van der Waals surface area contributed by atoms with Crippen LogP contribution in [0.1, 0.15) is 58.8 Å². The van der Waals surface area contributed by atoms with E-state index in [4.69, 9.17) is 0 Å². The van der Waals surface area contributed by atoms with E-state index in [2.05, 4.69) is 13.8 Å². The van der Waals surface area contributed by atoms with Gasteiger partial charge in [0.1, 0.15) is 5.78 Å². The molecule has 1 nitrogen and oxygen atoms in total. The van der Waals surface area contributed by atoms with Crippen molar-refractivity contribution in [3.8, 4) is 0 Å². The van der Waals surface area contributed by atoms with E-state index < -0.39 is 0 Å². The van der Waals surface area contributed by atoms with Gasteiger partial charge >= 0.3 is 0 Å². The molecule has 80 valence electrons. The van der Waals surface area contributed by atoms with E-state index in [0.717, 1.165) is 12.8 Å². The molecule has 0 aromatic carbocycles. The third-order valence-electron chi connectivity index (χ3n) is 4.57. The highest BCUT2D eigenvalue weighted by atomic mass is 16.1. The molecule has 2 aliphatic rings. The van der Waals surface area contributed by atoms with E-state index >= 15 is 0 Å². The predicted octanol–water partition coefficient (Wildman–Crippen LogP) is 3.57. The second kappa shape index (κ2) is 3.67. The van der Waals surface area contributed by atoms with Crippen LogP contribution < -0.4 is 0 Å². The van der Waals surface area contributed by atoms with Crippen LogP contribution in [-0.4, -0.2) is 5.78 Å². The van der Waals surface area contributed by atoms with Crippen molar-refractivity contribution in [3.63, 3.8) is 0 Å². The molecule has 2 rings (SSSR count). The Morgan fingerprint density at radius 2 is 1.79 bits per heavy atom. The van der Waals surface area contributed by atoms with E-state index in [1.54, 1.807) is 0 Å². The van der Waals surface area contributed by atoms with Gasteiger partial charge in [-0.15, -0.1) is 0 Å². The summed E-state index contributed by atoms with van der Waals surface area (Å²) in [6.45, 7) is 4.34. The van der Waals surface area contributed by atoms with E-state index in [0.29, 0.717) is 17.6 Å². The van der Waals surface area contributed by atoms with Gasteiger partial charge in [-0.2, -0.15) is 0 Å². The monoisotopic (exact) mass is 194 g/mol. The lowest BCUT2D eigenvalue weighted by atomic mass is 9.63. The lowest BCUT2D eigenvalue weighted by molar-refractivity contribution is -0.137. The summed E-state index contributed by atoms with van der Waals surface area (Å²) in [5.74, 6) is 1.61. The minimum absolute atomic E-state index is 0.0714. The van der Waals surface area contributed by atoms with E-state index in [-0.39, 0.29) is 5.41 Å². The highest BCUT2D eigenvalue weighted by Gasteiger charge is 2.43. The first-order valence-corrected chi connectivity index (χ1v) is 6.18. The van der Waals surface area contributed by atoms with Crippen molar-refractivity contribution < 1.29 is 4.79 Å². The standard InChI is InChI=1S/C13H22O/c1-10(11-6-3-4-7-11)12(14)13(2)8-5-9-13/h10-11H,3-9H2,1-2H3/t10-/m0/s1. The summed E-state index contributed by atoms with van der Waals surface area (Å²) in [5, 5.41) is 0. The molecule has 2 fully saturated rings. The van der Waals surface area contributed by atoms with Gasteiger partial charge in [0.05, 0.1) is 0 Å². The molecule has 0 aliphatic heterocycles. The number of Topliss-reactive ketones (excluding diaryl/α,β-unsaturated/α-hetero) is 1. The van der Waals surface area contributed by atoms with E-state index in [1.165, 1.54) is 32.1 Å². The van der Waals surface area contributed by atoms with Gasteiger partial charge in [-0.25, -0.2) is 0 Å². The quantitative estimate of drug-likeness (QED) is 0.671. The van der Waals surface area contributed by atoms with Crippen LogP contribution in [0.4, 0.5) is 0 Å². The maximum absolute atomic E-state index is 12.2. The summed E-state index contributed by atoms with van der Waals surface area (Å²) in [6, 6.07) is 0. The largest absolute Gasteiger partial charge is 0.299 e. The molecule has 0 aromatic rings. The van der Waals surface area contributed by atoms with Gasteiger partial charge in [0.25, 0.3) is 0 Å². The molecule has 14 heavy (non-hydrogen) atoms. The zero-order valence-corrected chi connectivity index (χ0v) is 9.51. The van der Waals surface area contributed by atoms with Crippen molar-refractivity contribution in [2.45, 2.75) is 58.8 Å². The van der Waals surface area contributed by atoms with Crippen LogP contribution in [0.25, 0.3) is 0 Å². The summed E-state index contributed by atoms with van der Waals surface area (Å²) in [5.41, 5.74) is 0.0714. The normalized spacial score (nSPS) is 28.4. The molecule has 2 saturated carbocycles. The topological polar surface area (TPSA) is 17.1 Å². The summed E-state index contributed by atoms with van der Waals surface area (Å²) in [7, 11) is 0. The SMILES string of the molecule is C[C@H](C(=O)C1(C)CCC1)C1CCCC1. The zero-order valence-electron chi connectivity index (χ0n) is 9.51. The van der Waals surface area contributed by atoms with Gasteiger partial charge in [-0.3, -0.25) is 4.79 Å². The Labute approximate surface area is 87.3 Å². The van der Waals surface area contributed by atoms with Crippen LogP contribution >= 0.6 is 0 Å². The molecule has 0 spiro atoms. The Morgan fingerprint density at radius 1 is 1.21 bits per heavy atom. The number of carbonyl (C=O) groups is 1. The van der Waals surface area contributed by atoms with Crippen molar-refractivity contribution in [3.05, 3.63) is 0 Å². The van der Waals surface area contributed by atoms with Crippen molar-refractivity contribution >= 4 is 5.78 Å². The Hall–Kier alpha value is -0.330. The molecule has 0 saturated heterocycles. The summed E-state index contributed by atoms with van der Waals surface area (Å²) in [6.07, 6.45) is 8.83. The zero-order chi connectivity index (χ0) is 10.2.